The zero-order chi connectivity index (χ0) is 20.8. The number of carbonyl (C=O) groups is 1. The van der Waals surface area contributed by atoms with Crippen molar-refractivity contribution in [2.75, 3.05) is 39.3 Å². The van der Waals surface area contributed by atoms with Crippen LogP contribution in [0.1, 0.15) is 63.1 Å². The lowest BCUT2D eigenvalue weighted by molar-refractivity contribution is 0.0925. The molecule has 0 aliphatic rings. The minimum atomic E-state index is -0.168. The van der Waals surface area contributed by atoms with Gasteiger partial charge in [-0.05, 0) is 65.7 Å². The molecule has 0 saturated heterocycles. The Labute approximate surface area is 193 Å². The van der Waals surface area contributed by atoms with Crippen molar-refractivity contribution in [1.29, 1.82) is 0 Å². The molecule has 7 nitrogen and oxygen atoms in total. The summed E-state index contributed by atoms with van der Waals surface area (Å²) in [5.41, 5.74) is 0.851. The zero-order valence-corrected chi connectivity index (χ0v) is 21.0. The second-order valence-electron chi connectivity index (χ2n) is 7.02. The SMILES string of the molecule is CCNC(=NCCCNC(=O)c1occc1C)NC(C)CCCN(CC)CC.I. The molecule has 0 spiro atoms. The van der Waals surface area contributed by atoms with E-state index in [4.69, 9.17) is 4.42 Å². The lowest BCUT2D eigenvalue weighted by atomic mass is 10.2. The van der Waals surface area contributed by atoms with Crippen LogP contribution in [-0.4, -0.2) is 62.1 Å². The largest absolute Gasteiger partial charge is 0.459 e. The lowest BCUT2D eigenvalue weighted by Crippen LogP contribution is -2.42. The predicted molar refractivity (Wildman–Crippen MR) is 131 cm³/mol. The molecule has 1 unspecified atom stereocenters. The van der Waals surface area contributed by atoms with Crippen LogP contribution in [0.5, 0.6) is 0 Å². The topological polar surface area (TPSA) is 81.9 Å². The zero-order valence-electron chi connectivity index (χ0n) is 18.7. The van der Waals surface area contributed by atoms with Gasteiger partial charge in [-0.2, -0.15) is 0 Å². The van der Waals surface area contributed by atoms with E-state index in [0.717, 1.165) is 50.5 Å². The van der Waals surface area contributed by atoms with Gasteiger partial charge < -0.3 is 25.3 Å². The van der Waals surface area contributed by atoms with Crippen molar-refractivity contribution in [3.8, 4) is 0 Å². The van der Waals surface area contributed by atoms with Gasteiger partial charge in [-0.25, -0.2) is 0 Å². The van der Waals surface area contributed by atoms with Crippen LogP contribution in [0.4, 0.5) is 0 Å². The molecule has 1 heterocycles. The second kappa shape index (κ2) is 16.5. The predicted octanol–water partition coefficient (Wildman–Crippen LogP) is 3.39. The van der Waals surface area contributed by atoms with Gasteiger partial charge in [0, 0.05) is 31.2 Å². The number of nitrogens with zero attached hydrogens (tertiary/aromatic N) is 2. The van der Waals surface area contributed by atoms with Crippen LogP contribution in [0.25, 0.3) is 0 Å². The van der Waals surface area contributed by atoms with Crippen LogP contribution < -0.4 is 16.0 Å². The molecule has 0 saturated carbocycles. The van der Waals surface area contributed by atoms with Gasteiger partial charge in [0.05, 0.1) is 6.26 Å². The molecule has 0 fully saturated rings. The number of hydrogen-bond acceptors (Lipinski definition) is 4. The van der Waals surface area contributed by atoms with Gasteiger partial charge >= 0.3 is 0 Å². The maximum absolute atomic E-state index is 12.0. The van der Waals surface area contributed by atoms with Crippen LogP contribution in [0.3, 0.4) is 0 Å². The molecule has 0 aliphatic heterocycles. The number of amides is 1. The third-order valence-electron chi connectivity index (χ3n) is 4.69. The van der Waals surface area contributed by atoms with E-state index >= 15 is 0 Å². The summed E-state index contributed by atoms with van der Waals surface area (Å²) in [4.78, 5) is 19.1. The van der Waals surface area contributed by atoms with E-state index in [9.17, 15) is 4.79 Å². The molecular weight excluding hydrogens is 481 g/mol. The summed E-state index contributed by atoms with van der Waals surface area (Å²) < 4.78 is 5.20. The fraction of sp³-hybridized carbons (Fsp3) is 0.714. The van der Waals surface area contributed by atoms with E-state index in [0.29, 0.717) is 24.9 Å². The maximum Gasteiger partial charge on any atom is 0.287 e. The number of nitrogens with one attached hydrogen (secondary N) is 3. The van der Waals surface area contributed by atoms with Crippen molar-refractivity contribution in [2.45, 2.75) is 59.9 Å². The van der Waals surface area contributed by atoms with Crippen molar-refractivity contribution in [2.24, 2.45) is 4.99 Å². The molecule has 8 heteroatoms. The minimum Gasteiger partial charge on any atom is -0.459 e. The first kappa shape index (κ1) is 27.7. The first-order valence-electron chi connectivity index (χ1n) is 10.6. The van der Waals surface area contributed by atoms with Crippen molar-refractivity contribution in [1.82, 2.24) is 20.9 Å². The average Bonchev–Trinajstić information content (AvgIpc) is 3.11. The summed E-state index contributed by atoms with van der Waals surface area (Å²) in [6, 6.07) is 2.16. The Morgan fingerprint density at radius 3 is 2.52 bits per heavy atom. The number of hydrogen-bond donors (Lipinski definition) is 3. The molecule has 1 amide bonds. The Balaban J connectivity index is 0.00000784. The summed E-state index contributed by atoms with van der Waals surface area (Å²) in [6.45, 7) is 15.9. The van der Waals surface area contributed by atoms with Crippen LogP contribution in [0.15, 0.2) is 21.7 Å². The Kier molecular flexibility index (Phi) is 15.8. The second-order valence-corrected chi connectivity index (χ2v) is 7.02. The summed E-state index contributed by atoms with van der Waals surface area (Å²) in [5.74, 6) is 1.06. The Bertz CT molecular complexity index is 587. The highest BCUT2D eigenvalue weighted by molar-refractivity contribution is 14.0. The average molecular weight is 521 g/mol. The first-order valence-corrected chi connectivity index (χ1v) is 10.6. The minimum absolute atomic E-state index is 0. The quantitative estimate of drug-likeness (QED) is 0.161. The molecule has 0 aromatic carbocycles. The molecule has 0 bridgehead atoms. The fourth-order valence-electron chi connectivity index (χ4n) is 2.94. The highest BCUT2D eigenvalue weighted by atomic mass is 127. The Morgan fingerprint density at radius 2 is 1.93 bits per heavy atom. The third-order valence-corrected chi connectivity index (χ3v) is 4.69. The molecule has 3 N–H and O–H groups in total. The van der Waals surface area contributed by atoms with Gasteiger partial charge in [-0.3, -0.25) is 9.79 Å². The summed E-state index contributed by atoms with van der Waals surface area (Å²) in [7, 11) is 0. The number of rotatable bonds is 13. The first-order chi connectivity index (χ1) is 13.5. The number of guanidine groups is 1. The summed E-state index contributed by atoms with van der Waals surface area (Å²) in [5, 5.41) is 9.64. The molecule has 29 heavy (non-hydrogen) atoms. The molecule has 1 atom stereocenters. The third kappa shape index (κ3) is 11.5. The molecule has 168 valence electrons. The monoisotopic (exact) mass is 521 g/mol. The Hall–Kier alpha value is -1.29. The van der Waals surface area contributed by atoms with E-state index in [2.05, 4.69) is 53.5 Å². The van der Waals surface area contributed by atoms with Gasteiger partial charge in [0.15, 0.2) is 11.7 Å². The van der Waals surface area contributed by atoms with Crippen LogP contribution >= 0.6 is 24.0 Å². The van der Waals surface area contributed by atoms with E-state index in [1.165, 1.54) is 12.7 Å². The highest BCUT2D eigenvalue weighted by Gasteiger charge is 2.11. The van der Waals surface area contributed by atoms with Crippen LogP contribution in [-0.2, 0) is 0 Å². The molecule has 1 rings (SSSR count). The van der Waals surface area contributed by atoms with Crippen molar-refractivity contribution in [3.05, 3.63) is 23.7 Å². The summed E-state index contributed by atoms with van der Waals surface area (Å²) >= 11 is 0. The maximum atomic E-state index is 12.0. The van der Waals surface area contributed by atoms with Gasteiger partial charge in [-0.15, -0.1) is 24.0 Å². The van der Waals surface area contributed by atoms with E-state index in [1.807, 2.05) is 6.92 Å². The van der Waals surface area contributed by atoms with Crippen LogP contribution in [0, 0.1) is 6.92 Å². The summed E-state index contributed by atoms with van der Waals surface area (Å²) in [6.07, 6.45) is 4.59. The van der Waals surface area contributed by atoms with E-state index < -0.39 is 0 Å². The van der Waals surface area contributed by atoms with Crippen LogP contribution in [0.2, 0.25) is 0 Å². The number of aryl methyl sites for hydroxylation is 1. The lowest BCUT2D eigenvalue weighted by Gasteiger charge is -2.21. The van der Waals surface area contributed by atoms with Gasteiger partial charge in [0.1, 0.15) is 0 Å². The van der Waals surface area contributed by atoms with Crippen molar-refractivity contribution < 1.29 is 9.21 Å². The molecule has 1 aromatic heterocycles. The van der Waals surface area contributed by atoms with E-state index in [-0.39, 0.29) is 29.9 Å². The van der Waals surface area contributed by atoms with Crippen molar-refractivity contribution >= 4 is 35.8 Å². The van der Waals surface area contributed by atoms with Gasteiger partial charge in [-0.1, -0.05) is 13.8 Å². The number of carbonyl (C=O) groups excluding carboxylic acids is 1. The number of furan rings is 1. The van der Waals surface area contributed by atoms with Gasteiger partial charge in [0.2, 0.25) is 0 Å². The smallest absolute Gasteiger partial charge is 0.287 e. The normalized spacial score (nSPS) is 12.4. The Morgan fingerprint density at radius 1 is 1.21 bits per heavy atom. The van der Waals surface area contributed by atoms with Crippen molar-refractivity contribution in [3.63, 3.8) is 0 Å². The standard InChI is InChI=1S/C21H39N5O2.HI/c1-6-22-21(25-18(5)11-9-15-26(7-2)8-3)24-14-10-13-23-20(27)19-17(4)12-16-28-19;/h12,16,18H,6-11,13-15H2,1-5H3,(H,23,27)(H2,22,24,25);1H. The highest BCUT2D eigenvalue weighted by Crippen LogP contribution is 2.07. The number of aliphatic imine (C=N–C) groups is 1. The van der Waals surface area contributed by atoms with Gasteiger partial charge in [0.25, 0.3) is 5.91 Å². The van der Waals surface area contributed by atoms with E-state index in [1.54, 1.807) is 6.07 Å². The molecular formula is C21H40IN5O2. The fourth-order valence-corrected chi connectivity index (χ4v) is 2.94. The molecule has 1 aromatic rings. The number of halogens is 1. The molecule has 0 radical (unpaired) electrons. The molecule has 0 aliphatic carbocycles.